The topological polar surface area (TPSA) is 81.9 Å². The van der Waals surface area contributed by atoms with E-state index < -0.39 is 0 Å². The first-order valence-electron chi connectivity index (χ1n) is 7.00. The lowest BCUT2D eigenvalue weighted by Gasteiger charge is -2.09. The van der Waals surface area contributed by atoms with Gasteiger partial charge >= 0.3 is 0 Å². The van der Waals surface area contributed by atoms with Gasteiger partial charge in [-0.2, -0.15) is 0 Å². The summed E-state index contributed by atoms with van der Waals surface area (Å²) in [6.07, 6.45) is 5.02. The molecule has 23 heavy (non-hydrogen) atoms. The Balaban J connectivity index is 1.66. The van der Waals surface area contributed by atoms with Crippen molar-refractivity contribution in [3.8, 4) is 11.6 Å². The number of nitrogens with zero attached hydrogens (tertiary/aromatic N) is 4. The van der Waals surface area contributed by atoms with Crippen molar-refractivity contribution in [1.82, 2.24) is 25.1 Å². The number of carbonyl (C=O) groups excluding carboxylic acids is 1. The molecule has 0 aliphatic rings. The van der Waals surface area contributed by atoms with E-state index in [1.54, 1.807) is 42.5 Å². The SMILES string of the molecule is COc1ccccc1CNC(=O)c1ccc(-n2ccnc2)nn1. The molecule has 0 aliphatic carbocycles. The summed E-state index contributed by atoms with van der Waals surface area (Å²) in [5, 5.41) is 10.8. The molecular weight excluding hydrogens is 294 g/mol. The van der Waals surface area contributed by atoms with Crippen LogP contribution >= 0.6 is 0 Å². The number of hydrogen-bond acceptors (Lipinski definition) is 5. The van der Waals surface area contributed by atoms with Crippen LogP contribution in [-0.4, -0.2) is 32.8 Å². The Morgan fingerprint density at radius 1 is 1.22 bits per heavy atom. The molecule has 2 aromatic heterocycles. The van der Waals surface area contributed by atoms with Crippen LogP contribution < -0.4 is 10.1 Å². The van der Waals surface area contributed by atoms with Gasteiger partial charge < -0.3 is 10.1 Å². The van der Waals surface area contributed by atoms with E-state index in [1.807, 2.05) is 24.3 Å². The summed E-state index contributed by atoms with van der Waals surface area (Å²) in [5.74, 6) is 1.04. The Kier molecular flexibility index (Phi) is 4.28. The van der Waals surface area contributed by atoms with E-state index in [0.29, 0.717) is 12.4 Å². The minimum atomic E-state index is -0.291. The summed E-state index contributed by atoms with van der Waals surface area (Å²) in [5.41, 5.74) is 1.15. The molecule has 7 nitrogen and oxygen atoms in total. The molecule has 1 aromatic carbocycles. The Morgan fingerprint density at radius 2 is 2.09 bits per heavy atom. The molecular formula is C16H15N5O2. The van der Waals surface area contributed by atoms with Crippen LogP contribution in [0, 0.1) is 0 Å². The van der Waals surface area contributed by atoms with Crippen LogP contribution in [0.1, 0.15) is 16.1 Å². The van der Waals surface area contributed by atoms with Crippen LogP contribution in [0.15, 0.2) is 55.1 Å². The number of imidazole rings is 1. The van der Waals surface area contributed by atoms with E-state index in [9.17, 15) is 4.79 Å². The molecule has 2 heterocycles. The summed E-state index contributed by atoms with van der Waals surface area (Å²) >= 11 is 0. The monoisotopic (exact) mass is 309 g/mol. The van der Waals surface area contributed by atoms with E-state index >= 15 is 0 Å². The predicted molar refractivity (Wildman–Crippen MR) is 83.3 cm³/mol. The molecule has 0 spiro atoms. The van der Waals surface area contributed by atoms with Crippen molar-refractivity contribution in [3.63, 3.8) is 0 Å². The molecule has 7 heteroatoms. The molecule has 0 unspecified atom stereocenters. The Labute approximate surface area is 133 Å². The molecule has 0 bridgehead atoms. The summed E-state index contributed by atoms with van der Waals surface area (Å²) in [4.78, 5) is 16.1. The van der Waals surface area contributed by atoms with Gasteiger partial charge in [-0.05, 0) is 18.2 Å². The first-order valence-corrected chi connectivity index (χ1v) is 7.00. The van der Waals surface area contributed by atoms with Crippen LogP contribution in [0.2, 0.25) is 0 Å². The van der Waals surface area contributed by atoms with Crippen LogP contribution in [0.5, 0.6) is 5.75 Å². The van der Waals surface area contributed by atoms with E-state index in [4.69, 9.17) is 4.74 Å². The molecule has 0 fully saturated rings. The summed E-state index contributed by atoms with van der Waals surface area (Å²) in [7, 11) is 1.60. The fourth-order valence-electron chi connectivity index (χ4n) is 2.09. The van der Waals surface area contributed by atoms with Crippen molar-refractivity contribution in [2.45, 2.75) is 6.54 Å². The smallest absolute Gasteiger partial charge is 0.272 e. The fraction of sp³-hybridized carbons (Fsp3) is 0.125. The molecule has 0 radical (unpaired) electrons. The molecule has 3 aromatic rings. The number of amides is 1. The van der Waals surface area contributed by atoms with Crippen molar-refractivity contribution in [1.29, 1.82) is 0 Å². The molecule has 0 atom stereocenters. The fourth-order valence-corrected chi connectivity index (χ4v) is 2.09. The van der Waals surface area contributed by atoms with Gasteiger partial charge in [0.1, 0.15) is 12.1 Å². The van der Waals surface area contributed by atoms with Crippen molar-refractivity contribution in [2.75, 3.05) is 7.11 Å². The largest absolute Gasteiger partial charge is 0.496 e. The highest BCUT2D eigenvalue weighted by atomic mass is 16.5. The van der Waals surface area contributed by atoms with Gasteiger partial charge in [0.2, 0.25) is 0 Å². The van der Waals surface area contributed by atoms with Crippen molar-refractivity contribution < 1.29 is 9.53 Å². The van der Waals surface area contributed by atoms with E-state index in [1.165, 1.54) is 0 Å². The van der Waals surface area contributed by atoms with E-state index in [-0.39, 0.29) is 11.6 Å². The quantitative estimate of drug-likeness (QED) is 0.774. The number of aromatic nitrogens is 4. The van der Waals surface area contributed by atoms with Gasteiger partial charge in [-0.25, -0.2) is 4.98 Å². The maximum Gasteiger partial charge on any atom is 0.272 e. The minimum absolute atomic E-state index is 0.253. The number of methoxy groups -OCH3 is 1. The summed E-state index contributed by atoms with van der Waals surface area (Å²) in [6, 6.07) is 10.9. The van der Waals surface area contributed by atoms with E-state index in [2.05, 4.69) is 20.5 Å². The number of hydrogen-bond donors (Lipinski definition) is 1. The summed E-state index contributed by atoms with van der Waals surface area (Å²) < 4.78 is 6.96. The second-order valence-electron chi connectivity index (χ2n) is 4.74. The van der Waals surface area contributed by atoms with Gasteiger partial charge in [0, 0.05) is 24.5 Å². The Morgan fingerprint density at radius 3 is 2.78 bits per heavy atom. The first kappa shape index (κ1) is 14.7. The molecule has 1 N–H and O–H groups in total. The highest BCUT2D eigenvalue weighted by Gasteiger charge is 2.10. The number of carbonyl (C=O) groups is 1. The lowest BCUT2D eigenvalue weighted by molar-refractivity contribution is 0.0944. The standard InChI is InChI=1S/C16H15N5O2/c1-23-14-5-3-2-4-12(14)10-18-16(22)13-6-7-15(20-19-13)21-9-8-17-11-21/h2-9,11H,10H2,1H3,(H,18,22). The number of ether oxygens (including phenoxy) is 1. The molecule has 116 valence electrons. The van der Waals surface area contributed by atoms with E-state index in [0.717, 1.165) is 11.3 Å². The van der Waals surface area contributed by atoms with Crippen molar-refractivity contribution in [2.24, 2.45) is 0 Å². The molecule has 3 rings (SSSR count). The summed E-state index contributed by atoms with van der Waals surface area (Å²) in [6.45, 7) is 0.355. The van der Waals surface area contributed by atoms with Crippen LogP contribution in [0.4, 0.5) is 0 Å². The lowest BCUT2D eigenvalue weighted by Crippen LogP contribution is -2.24. The molecule has 0 saturated carbocycles. The predicted octanol–water partition coefficient (Wildman–Crippen LogP) is 1.60. The number of rotatable bonds is 5. The normalized spacial score (nSPS) is 10.3. The van der Waals surface area contributed by atoms with Gasteiger partial charge in [0.25, 0.3) is 5.91 Å². The third kappa shape index (κ3) is 3.34. The zero-order valence-electron chi connectivity index (χ0n) is 12.5. The Bertz CT molecular complexity index is 784. The zero-order chi connectivity index (χ0) is 16.1. The maximum atomic E-state index is 12.1. The van der Waals surface area contributed by atoms with Crippen molar-refractivity contribution in [3.05, 3.63) is 66.4 Å². The van der Waals surface area contributed by atoms with Gasteiger partial charge in [0.15, 0.2) is 11.5 Å². The number of nitrogens with one attached hydrogen (secondary N) is 1. The minimum Gasteiger partial charge on any atom is -0.496 e. The number of para-hydroxylation sites is 1. The molecule has 0 saturated heterocycles. The average molecular weight is 309 g/mol. The van der Waals surface area contributed by atoms with Gasteiger partial charge in [0.05, 0.1) is 7.11 Å². The lowest BCUT2D eigenvalue weighted by atomic mass is 10.2. The Hall–Kier alpha value is -3.22. The highest BCUT2D eigenvalue weighted by Crippen LogP contribution is 2.16. The molecule has 0 aliphatic heterocycles. The third-order valence-electron chi connectivity index (χ3n) is 3.28. The van der Waals surface area contributed by atoms with Gasteiger partial charge in [-0.15, -0.1) is 10.2 Å². The van der Waals surface area contributed by atoms with Crippen molar-refractivity contribution >= 4 is 5.91 Å². The maximum absolute atomic E-state index is 12.1. The van der Waals surface area contributed by atoms with Gasteiger partial charge in [-0.3, -0.25) is 9.36 Å². The molecule has 1 amide bonds. The van der Waals surface area contributed by atoms with Crippen LogP contribution in [0.3, 0.4) is 0 Å². The van der Waals surface area contributed by atoms with Gasteiger partial charge in [-0.1, -0.05) is 18.2 Å². The van der Waals surface area contributed by atoms with Crippen LogP contribution in [0.25, 0.3) is 5.82 Å². The highest BCUT2D eigenvalue weighted by molar-refractivity contribution is 5.92. The first-order chi connectivity index (χ1) is 11.3. The second-order valence-corrected chi connectivity index (χ2v) is 4.74. The zero-order valence-corrected chi connectivity index (χ0v) is 12.5. The second kappa shape index (κ2) is 6.69. The third-order valence-corrected chi connectivity index (χ3v) is 3.28. The van der Waals surface area contributed by atoms with Crippen LogP contribution in [-0.2, 0) is 6.54 Å². The average Bonchev–Trinajstić information content (AvgIpc) is 3.14. The number of benzene rings is 1.